The van der Waals surface area contributed by atoms with Crippen LogP contribution >= 0.6 is 0 Å². The van der Waals surface area contributed by atoms with Crippen LogP contribution in [0.15, 0.2) is 17.6 Å². The van der Waals surface area contributed by atoms with E-state index < -0.39 is 0 Å². The number of carbonyl (C=O) groups is 1. The molecule has 0 aliphatic heterocycles. The van der Waals surface area contributed by atoms with E-state index in [4.69, 9.17) is 0 Å². The Bertz CT molecular complexity index is 352. The molecular formula is C11H16N4O. The maximum atomic E-state index is 11.7. The molecular weight excluding hydrogens is 204 g/mol. The number of amides is 1. The second-order valence-corrected chi connectivity index (χ2v) is 4.08. The van der Waals surface area contributed by atoms with Gasteiger partial charge >= 0.3 is 0 Å². The molecule has 0 radical (unpaired) electrons. The number of imidazole rings is 1. The molecule has 5 heteroatoms. The molecule has 0 atom stereocenters. The SMILES string of the molecule is O=C(N/N=C/c1cnc[nH]1)C1CCCCC1. The number of aromatic amines is 1. The molecule has 1 amide bonds. The number of nitrogens with zero attached hydrogens (tertiary/aromatic N) is 2. The van der Waals surface area contributed by atoms with Gasteiger partial charge in [0.05, 0.1) is 24.4 Å². The van der Waals surface area contributed by atoms with Crippen LogP contribution in [0.2, 0.25) is 0 Å². The Labute approximate surface area is 94.4 Å². The van der Waals surface area contributed by atoms with E-state index in [2.05, 4.69) is 20.5 Å². The topological polar surface area (TPSA) is 70.1 Å². The van der Waals surface area contributed by atoms with Gasteiger partial charge in [-0.15, -0.1) is 0 Å². The molecule has 1 fully saturated rings. The van der Waals surface area contributed by atoms with Gasteiger partial charge in [-0.25, -0.2) is 10.4 Å². The van der Waals surface area contributed by atoms with Gasteiger partial charge in [-0.3, -0.25) is 4.79 Å². The van der Waals surface area contributed by atoms with E-state index >= 15 is 0 Å². The fourth-order valence-corrected chi connectivity index (χ4v) is 1.96. The van der Waals surface area contributed by atoms with Crippen molar-refractivity contribution in [1.29, 1.82) is 0 Å². The first kappa shape index (κ1) is 10.9. The smallest absolute Gasteiger partial charge is 0.243 e. The van der Waals surface area contributed by atoms with Crippen LogP contribution in [0, 0.1) is 5.92 Å². The van der Waals surface area contributed by atoms with Crippen LogP contribution in [-0.2, 0) is 4.79 Å². The molecule has 0 bridgehead atoms. The summed E-state index contributed by atoms with van der Waals surface area (Å²) in [6.45, 7) is 0. The van der Waals surface area contributed by atoms with Crippen molar-refractivity contribution in [2.75, 3.05) is 0 Å². The minimum absolute atomic E-state index is 0.0375. The summed E-state index contributed by atoms with van der Waals surface area (Å²) in [5.74, 6) is 0.183. The summed E-state index contributed by atoms with van der Waals surface area (Å²) < 4.78 is 0. The average molecular weight is 220 g/mol. The Morgan fingerprint density at radius 3 is 3.00 bits per heavy atom. The third-order valence-electron chi connectivity index (χ3n) is 2.87. The standard InChI is InChI=1S/C11H16N4O/c16-11(9-4-2-1-3-5-9)15-14-7-10-6-12-8-13-10/h6-9H,1-5H2,(H,12,13)(H,15,16)/b14-7+. The van der Waals surface area contributed by atoms with Crippen LogP contribution in [0.1, 0.15) is 37.8 Å². The average Bonchev–Trinajstić information content (AvgIpc) is 2.83. The van der Waals surface area contributed by atoms with Crippen molar-refractivity contribution in [2.45, 2.75) is 32.1 Å². The predicted molar refractivity (Wildman–Crippen MR) is 60.9 cm³/mol. The molecule has 1 heterocycles. The molecule has 86 valence electrons. The third-order valence-corrected chi connectivity index (χ3v) is 2.87. The van der Waals surface area contributed by atoms with E-state index in [9.17, 15) is 4.79 Å². The molecule has 2 rings (SSSR count). The monoisotopic (exact) mass is 220 g/mol. The van der Waals surface area contributed by atoms with Gasteiger partial charge in [-0.1, -0.05) is 19.3 Å². The number of rotatable bonds is 3. The molecule has 5 nitrogen and oxygen atoms in total. The van der Waals surface area contributed by atoms with E-state index in [0.717, 1.165) is 31.4 Å². The Morgan fingerprint density at radius 1 is 1.50 bits per heavy atom. The lowest BCUT2D eigenvalue weighted by atomic mass is 9.89. The fourth-order valence-electron chi connectivity index (χ4n) is 1.96. The zero-order valence-electron chi connectivity index (χ0n) is 9.15. The quantitative estimate of drug-likeness (QED) is 0.597. The van der Waals surface area contributed by atoms with Gasteiger partial charge in [0.15, 0.2) is 0 Å². The lowest BCUT2D eigenvalue weighted by Crippen LogP contribution is -2.28. The van der Waals surface area contributed by atoms with Gasteiger partial charge in [0.2, 0.25) is 5.91 Å². The van der Waals surface area contributed by atoms with Crippen LogP contribution in [0.4, 0.5) is 0 Å². The highest BCUT2D eigenvalue weighted by molar-refractivity contribution is 5.81. The number of carbonyl (C=O) groups excluding carboxylic acids is 1. The van der Waals surface area contributed by atoms with Crippen molar-refractivity contribution in [3.05, 3.63) is 18.2 Å². The van der Waals surface area contributed by atoms with Crippen LogP contribution in [0.5, 0.6) is 0 Å². The van der Waals surface area contributed by atoms with Gasteiger partial charge < -0.3 is 4.98 Å². The Balaban J connectivity index is 1.78. The molecule has 1 aromatic heterocycles. The largest absolute Gasteiger partial charge is 0.344 e. The first-order chi connectivity index (χ1) is 7.86. The van der Waals surface area contributed by atoms with Gasteiger partial charge in [0.1, 0.15) is 0 Å². The zero-order chi connectivity index (χ0) is 11.2. The van der Waals surface area contributed by atoms with Crippen molar-refractivity contribution in [2.24, 2.45) is 11.0 Å². The number of aromatic nitrogens is 2. The molecule has 0 aromatic carbocycles. The minimum Gasteiger partial charge on any atom is -0.344 e. The molecule has 1 aliphatic rings. The number of hydrogen-bond donors (Lipinski definition) is 2. The van der Waals surface area contributed by atoms with Crippen LogP contribution in [-0.4, -0.2) is 22.1 Å². The summed E-state index contributed by atoms with van der Waals surface area (Å²) in [5.41, 5.74) is 3.35. The molecule has 2 N–H and O–H groups in total. The third kappa shape index (κ3) is 2.92. The lowest BCUT2D eigenvalue weighted by Gasteiger charge is -2.19. The maximum absolute atomic E-state index is 11.7. The van der Waals surface area contributed by atoms with E-state index in [0.29, 0.717) is 0 Å². The second kappa shape index (κ2) is 5.44. The number of hydrogen-bond acceptors (Lipinski definition) is 3. The lowest BCUT2D eigenvalue weighted by molar-refractivity contribution is -0.125. The maximum Gasteiger partial charge on any atom is 0.243 e. The van der Waals surface area contributed by atoms with Crippen molar-refractivity contribution >= 4 is 12.1 Å². The van der Waals surface area contributed by atoms with Gasteiger partial charge in [0, 0.05) is 5.92 Å². The highest BCUT2D eigenvalue weighted by Crippen LogP contribution is 2.23. The normalized spacial score (nSPS) is 17.8. The number of H-pyrrole nitrogens is 1. The van der Waals surface area contributed by atoms with Crippen molar-refractivity contribution in [3.63, 3.8) is 0 Å². The Kier molecular flexibility index (Phi) is 3.69. The number of nitrogens with one attached hydrogen (secondary N) is 2. The van der Waals surface area contributed by atoms with Gasteiger partial charge in [-0.2, -0.15) is 5.10 Å². The predicted octanol–water partition coefficient (Wildman–Crippen LogP) is 1.44. The van der Waals surface area contributed by atoms with E-state index in [1.807, 2.05) is 0 Å². The van der Waals surface area contributed by atoms with E-state index in [-0.39, 0.29) is 11.8 Å². The van der Waals surface area contributed by atoms with Crippen molar-refractivity contribution in [1.82, 2.24) is 15.4 Å². The summed E-state index contributed by atoms with van der Waals surface area (Å²) in [6.07, 6.45) is 10.3. The molecule has 0 saturated heterocycles. The summed E-state index contributed by atoms with van der Waals surface area (Å²) in [6, 6.07) is 0. The van der Waals surface area contributed by atoms with Gasteiger partial charge in [-0.05, 0) is 12.8 Å². The highest BCUT2D eigenvalue weighted by Gasteiger charge is 2.20. The van der Waals surface area contributed by atoms with Crippen LogP contribution in [0.25, 0.3) is 0 Å². The Morgan fingerprint density at radius 2 is 2.31 bits per heavy atom. The molecule has 1 aliphatic carbocycles. The fraction of sp³-hybridized carbons (Fsp3) is 0.545. The highest BCUT2D eigenvalue weighted by atomic mass is 16.2. The zero-order valence-corrected chi connectivity index (χ0v) is 9.15. The summed E-state index contributed by atoms with van der Waals surface area (Å²) in [4.78, 5) is 18.4. The first-order valence-electron chi connectivity index (χ1n) is 5.67. The van der Waals surface area contributed by atoms with Crippen LogP contribution in [0.3, 0.4) is 0 Å². The van der Waals surface area contributed by atoms with Crippen molar-refractivity contribution in [3.8, 4) is 0 Å². The first-order valence-corrected chi connectivity index (χ1v) is 5.67. The summed E-state index contributed by atoms with van der Waals surface area (Å²) in [5, 5.41) is 3.89. The summed E-state index contributed by atoms with van der Waals surface area (Å²) >= 11 is 0. The molecule has 0 unspecified atom stereocenters. The van der Waals surface area contributed by atoms with Crippen molar-refractivity contribution < 1.29 is 4.79 Å². The molecule has 1 aromatic rings. The molecule has 1 saturated carbocycles. The van der Waals surface area contributed by atoms with Gasteiger partial charge in [0.25, 0.3) is 0 Å². The minimum atomic E-state index is 0.0375. The van der Waals surface area contributed by atoms with E-state index in [1.54, 1.807) is 18.7 Å². The molecule has 16 heavy (non-hydrogen) atoms. The molecule has 0 spiro atoms. The summed E-state index contributed by atoms with van der Waals surface area (Å²) in [7, 11) is 0. The second-order valence-electron chi connectivity index (χ2n) is 4.08. The number of hydrazone groups is 1. The Hall–Kier alpha value is -1.65. The van der Waals surface area contributed by atoms with E-state index in [1.165, 1.54) is 6.42 Å². The van der Waals surface area contributed by atoms with Crippen LogP contribution < -0.4 is 5.43 Å².